The van der Waals surface area contributed by atoms with Crippen LogP contribution in [-0.4, -0.2) is 0 Å². The van der Waals surface area contributed by atoms with E-state index in [-0.39, 0.29) is 0 Å². The highest BCUT2D eigenvalue weighted by atomic mass is 79.9. The first kappa shape index (κ1) is 11.2. The van der Waals surface area contributed by atoms with Crippen LogP contribution in [0.4, 0.5) is 0 Å². The molecule has 2 aromatic rings. The van der Waals surface area contributed by atoms with E-state index in [4.69, 9.17) is 0 Å². The van der Waals surface area contributed by atoms with Gasteiger partial charge in [-0.25, -0.2) is 0 Å². The van der Waals surface area contributed by atoms with Gasteiger partial charge in [-0.2, -0.15) is 0 Å². The second kappa shape index (κ2) is 4.67. The van der Waals surface area contributed by atoms with Gasteiger partial charge in [-0.15, -0.1) is 0 Å². The molecule has 1 heteroatoms. The zero-order valence-corrected chi connectivity index (χ0v) is 10.8. The molecule has 0 aliphatic heterocycles. The van der Waals surface area contributed by atoms with Crippen molar-refractivity contribution >= 4 is 21.5 Å². The first-order valence-electron chi connectivity index (χ1n) is 5.19. The smallest absolute Gasteiger partial charge is 0.0175 e. The maximum absolute atomic E-state index is 4.17. The number of halogens is 1. The molecular formula is C15H13Br. The summed E-state index contributed by atoms with van der Waals surface area (Å²) in [6.07, 6.45) is 0. The van der Waals surface area contributed by atoms with Crippen LogP contribution in [0.1, 0.15) is 16.7 Å². The van der Waals surface area contributed by atoms with Crippen LogP contribution in [0.2, 0.25) is 0 Å². The summed E-state index contributed by atoms with van der Waals surface area (Å²) in [6.45, 7) is 6.28. The van der Waals surface area contributed by atoms with Crippen molar-refractivity contribution in [2.75, 3.05) is 0 Å². The first-order chi connectivity index (χ1) is 7.68. The van der Waals surface area contributed by atoms with Gasteiger partial charge in [0.25, 0.3) is 0 Å². The van der Waals surface area contributed by atoms with Crippen molar-refractivity contribution < 1.29 is 0 Å². The maximum atomic E-state index is 4.17. The van der Waals surface area contributed by atoms with Crippen molar-refractivity contribution in [3.8, 4) is 0 Å². The average Bonchev–Trinajstić information content (AvgIpc) is 2.30. The molecule has 80 valence electrons. The zero-order valence-electron chi connectivity index (χ0n) is 9.20. The summed E-state index contributed by atoms with van der Waals surface area (Å²) in [4.78, 5) is 0. The lowest BCUT2D eigenvalue weighted by Gasteiger charge is -2.09. The number of aryl methyl sites for hydroxylation is 1. The molecule has 0 unspecified atom stereocenters. The molecule has 0 saturated carbocycles. The van der Waals surface area contributed by atoms with Crippen molar-refractivity contribution in [2.45, 2.75) is 6.92 Å². The minimum Gasteiger partial charge on any atom is -0.0905 e. The van der Waals surface area contributed by atoms with Crippen LogP contribution in [0.5, 0.6) is 0 Å². The third kappa shape index (κ3) is 2.25. The summed E-state index contributed by atoms with van der Waals surface area (Å²) in [7, 11) is 0. The lowest BCUT2D eigenvalue weighted by atomic mass is 9.96. The molecule has 2 aromatic carbocycles. The van der Waals surface area contributed by atoms with E-state index < -0.39 is 0 Å². The number of hydrogen-bond donors (Lipinski definition) is 0. The quantitative estimate of drug-likeness (QED) is 0.736. The van der Waals surface area contributed by atoms with Gasteiger partial charge in [-0.3, -0.25) is 0 Å². The molecule has 0 spiro atoms. The Labute approximate surface area is 105 Å². The van der Waals surface area contributed by atoms with Crippen LogP contribution in [0.15, 0.2) is 59.6 Å². The monoisotopic (exact) mass is 272 g/mol. The molecule has 0 fully saturated rings. The average molecular weight is 273 g/mol. The van der Waals surface area contributed by atoms with Gasteiger partial charge in [0.2, 0.25) is 0 Å². The molecule has 0 heterocycles. The fourth-order valence-corrected chi connectivity index (χ4v) is 1.98. The van der Waals surface area contributed by atoms with E-state index in [1.54, 1.807) is 0 Å². The van der Waals surface area contributed by atoms with E-state index in [0.29, 0.717) is 0 Å². The molecule has 0 saturated heterocycles. The van der Waals surface area contributed by atoms with Crippen molar-refractivity contribution in [3.63, 3.8) is 0 Å². The van der Waals surface area contributed by atoms with Gasteiger partial charge in [-0.1, -0.05) is 58.9 Å². The highest BCUT2D eigenvalue weighted by Gasteiger charge is 2.04. The summed E-state index contributed by atoms with van der Waals surface area (Å²) >= 11 is 3.44. The van der Waals surface area contributed by atoms with E-state index in [1.807, 2.05) is 24.3 Å². The lowest BCUT2D eigenvalue weighted by molar-refractivity contribution is 1.41. The molecule has 0 amide bonds. The van der Waals surface area contributed by atoms with E-state index >= 15 is 0 Å². The molecule has 16 heavy (non-hydrogen) atoms. The fourth-order valence-electron chi connectivity index (χ4n) is 1.72. The minimum atomic E-state index is 1.07. The van der Waals surface area contributed by atoms with Crippen LogP contribution in [0.3, 0.4) is 0 Å². The Balaban J connectivity index is 2.40. The topological polar surface area (TPSA) is 0 Å². The van der Waals surface area contributed by atoms with Gasteiger partial charge >= 0.3 is 0 Å². The Morgan fingerprint density at radius 1 is 1.00 bits per heavy atom. The summed E-state index contributed by atoms with van der Waals surface area (Å²) in [5.41, 5.74) is 4.71. The van der Waals surface area contributed by atoms with Crippen LogP contribution >= 0.6 is 15.9 Å². The van der Waals surface area contributed by atoms with Gasteiger partial charge in [0.15, 0.2) is 0 Å². The standard InChI is InChI=1S/C15H13Br/c1-11-5-3-4-6-15(11)12(2)13-7-9-14(16)10-8-13/h3-10H,2H2,1H3. The summed E-state index contributed by atoms with van der Waals surface area (Å²) in [5.74, 6) is 0. The Bertz CT molecular complexity index is 509. The van der Waals surface area contributed by atoms with E-state index in [1.165, 1.54) is 11.1 Å². The van der Waals surface area contributed by atoms with Crippen LogP contribution < -0.4 is 0 Å². The molecular weight excluding hydrogens is 260 g/mol. The number of hydrogen-bond acceptors (Lipinski definition) is 0. The van der Waals surface area contributed by atoms with E-state index in [2.05, 4.69) is 53.7 Å². The van der Waals surface area contributed by atoms with Crippen LogP contribution in [-0.2, 0) is 0 Å². The molecule has 0 aliphatic rings. The third-order valence-electron chi connectivity index (χ3n) is 2.66. The second-order valence-corrected chi connectivity index (χ2v) is 4.72. The van der Waals surface area contributed by atoms with E-state index in [9.17, 15) is 0 Å². The molecule has 0 aliphatic carbocycles. The van der Waals surface area contributed by atoms with Crippen molar-refractivity contribution in [2.24, 2.45) is 0 Å². The summed E-state index contributed by atoms with van der Waals surface area (Å²) in [6, 6.07) is 16.6. The van der Waals surface area contributed by atoms with Crippen molar-refractivity contribution in [1.82, 2.24) is 0 Å². The summed E-state index contributed by atoms with van der Waals surface area (Å²) in [5, 5.41) is 0. The molecule has 0 N–H and O–H groups in total. The van der Waals surface area contributed by atoms with Crippen molar-refractivity contribution in [1.29, 1.82) is 0 Å². The summed E-state index contributed by atoms with van der Waals surface area (Å²) < 4.78 is 1.09. The Hall–Kier alpha value is -1.34. The molecule has 0 bridgehead atoms. The normalized spacial score (nSPS) is 10.1. The predicted octanol–water partition coefficient (Wildman–Crippen LogP) is 4.82. The van der Waals surface area contributed by atoms with Gasteiger partial charge in [0.1, 0.15) is 0 Å². The Morgan fingerprint density at radius 3 is 2.25 bits per heavy atom. The largest absolute Gasteiger partial charge is 0.0905 e. The van der Waals surface area contributed by atoms with Gasteiger partial charge in [0, 0.05) is 4.47 Å². The Morgan fingerprint density at radius 2 is 1.62 bits per heavy atom. The van der Waals surface area contributed by atoms with Crippen molar-refractivity contribution in [3.05, 3.63) is 76.3 Å². The molecule has 0 aromatic heterocycles. The zero-order chi connectivity index (χ0) is 11.5. The fraction of sp³-hybridized carbons (Fsp3) is 0.0667. The SMILES string of the molecule is C=C(c1ccc(Br)cc1)c1ccccc1C. The minimum absolute atomic E-state index is 1.07. The highest BCUT2D eigenvalue weighted by molar-refractivity contribution is 9.10. The lowest BCUT2D eigenvalue weighted by Crippen LogP contribution is -1.89. The molecule has 0 radical (unpaired) electrons. The van der Waals surface area contributed by atoms with Gasteiger partial charge in [0.05, 0.1) is 0 Å². The molecule has 2 rings (SSSR count). The predicted molar refractivity (Wildman–Crippen MR) is 73.5 cm³/mol. The van der Waals surface area contributed by atoms with Gasteiger partial charge in [-0.05, 0) is 41.3 Å². The third-order valence-corrected chi connectivity index (χ3v) is 3.19. The van der Waals surface area contributed by atoms with Crippen LogP contribution in [0, 0.1) is 6.92 Å². The Kier molecular flexibility index (Phi) is 3.25. The number of rotatable bonds is 2. The molecule has 0 nitrogen and oxygen atoms in total. The van der Waals surface area contributed by atoms with E-state index in [0.717, 1.165) is 15.6 Å². The number of benzene rings is 2. The maximum Gasteiger partial charge on any atom is 0.0175 e. The first-order valence-corrected chi connectivity index (χ1v) is 5.98. The highest BCUT2D eigenvalue weighted by Crippen LogP contribution is 2.25. The second-order valence-electron chi connectivity index (χ2n) is 3.80. The molecule has 0 atom stereocenters. The van der Waals surface area contributed by atoms with Gasteiger partial charge < -0.3 is 0 Å². The van der Waals surface area contributed by atoms with Crippen LogP contribution in [0.25, 0.3) is 5.57 Å².